The summed E-state index contributed by atoms with van der Waals surface area (Å²) in [7, 11) is 1.62. The van der Waals surface area contributed by atoms with Crippen LogP contribution in [0.4, 0.5) is 10.7 Å². The Morgan fingerprint density at radius 1 is 1.39 bits per heavy atom. The number of carbonyl (C=O) groups excluding carboxylic acids is 1. The van der Waals surface area contributed by atoms with Crippen LogP contribution in [0, 0.1) is 6.92 Å². The van der Waals surface area contributed by atoms with Crippen molar-refractivity contribution in [3.05, 3.63) is 35.5 Å². The first-order valence-electron chi connectivity index (χ1n) is 5.50. The van der Waals surface area contributed by atoms with Crippen molar-refractivity contribution in [2.75, 3.05) is 12.4 Å². The third-order valence-electron chi connectivity index (χ3n) is 2.57. The molecule has 0 saturated carbocycles. The minimum absolute atomic E-state index is 0.0126. The average molecular weight is 262 g/mol. The Bertz CT molecular complexity index is 578. The summed E-state index contributed by atoms with van der Waals surface area (Å²) in [6.45, 7) is 3.38. The molecule has 1 heterocycles. The van der Waals surface area contributed by atoms with Gasteiger partial charge in [-0.15, -0.1) is 0 Å². The number of benzene rings is 1. The summed E-state index contributed by atoms with van der Waals surface area (Å²) in [6.07, 6.45) is 0. The van der Waals surface area contributed by atoms with Gasteiger partial charge in [0.25, 0.3) is 0 Å². The second-order valence-corrected chi connectivity index (χ2v) is 4.63. The van der Waals surface area contributed by atoms with Gasteiger partial charge in [-0.3, -0.25) is 4.79 Å². The molecule has 5 heteroatoms. The van der Waals surface area contributed by atoms with Gasteiger partial charge in [-0.1, -0.05) is 12.1 Å². The fourth-order valence-corrected chi connectivity index (χ4v) is 2.60. The second kappa shape index (κ2) is 5.18. The Hall–Kier alpha value is -1.88. The maximum atomic E-state index is 11.6. The molecule has 0 unspecified atom stereocenters. The van der Waals surface area contributed by atoms with Crippen LogP contribution in [0.15, 0.2) is 24.3 Å². The number of rotatable bonds is 4. The van der Waals surface area contributed by atoms with E-state index >= 15 is 0 Å². The summed E-state index contributed by atoms with van der Waals surface area (Å²) in [5.41, 5.74) is 2.22. The first-order chi connectivity index (χ1) is 8.63. The Morgan fingerprint density at radius 2 is 2.11 bits per heavy atom. The van der Waals surface area contributed by atoms with E-state index in [0.29, 0.717) is 5.56 Å². The summed E-state index contributed by atoms with van der Waals surface area (Å²) in [5.74, 6) is 0.747. The molecule has 0 aliphatic rings. The number of hydrogen-bond acceptors (Lipinski definition) is 5. The summed E-state index contributed by atoms with van der Waals surface area (Å²) >= 11 is 1.28. The van der Waals surface area contributed by atoms with E-state index in [0.717, 1.165) is 22.1 Å². The predicted octanol–water partition coefficient (Wildman–Crippen LogP) is 3.41. The quantitative estimate of drug-likeness (QED) is 0.858. The molecule has 2 aromatic rings. The number of ether oxygens (including phenoxy) is 1. The molecule has 0 atom stereocenters. The van der Waals surface area contributed by atoms with Gasteiger partial charge in [0.05, 0.1) is 24.1 Å². The van der Waals surface area contributed by atoms with Crippen molar-refractivity contribution in [3.8, 4) is 5.75 Å². The summed E-state index contributed by atoms with van der Waals surface area (Å²) in [6, 6.07) is 7.57. The van der Waals surface area contributed by atoms with E-state index in [1.165, 1.54) is 11.5 Å². The number of nitrogens with one attached hydrogen (secondary N) is 1. The normalized spacial score (nSPS) is 10.2. The van der Waals surface area contributed by atoms with Crippen molar-refractivity contribution in [3.63, 3.8) is 0 Å². The Morgan fingerprint density at radius 3 is 2.78 bits per heavy atom. The second-order valence-electron chi connectivity index (χ2n) is 3.85. The number of anilines is 2. The van der Waals surface area contributed by atoms with Gasteiger partial charge >= 0.3 is 0 Å². The lowest BCUT2D eigenvalue weighted by Crippen LogP contribution is -1.99. The van der Waals surface area contributed by atoms with Crippen LogP contribution >= 0.6 is 11.5 Å². The number of aromatic nitrogens is 1. The molecular formula is C13H14N2O2S. The zero-order chi connectivity index (χ0) is 13.1. The van der Waals surface area contributed by atoms with Gasteiger partial charge in [-0.25, -0.2) is 0 Å². The zero-order valence-electron chi connectivity index (χ0n) is 10.5. The van der Waals surface area contributed by atoms with Gasteiger partial charge in [-0.2, -0.15) is 4.37 Å². The Kier molecular flexibility index (Phi) is 3.62. The van der Waals surface area contributed by atoms with Crippen LogP contribution in [0.5, 0.6) is 5.75 Å². The van der Waals surface area contributed by atoms with Crippen LogP contribution in [0.3, 0.4) is 0 Å². The molecule has 94 valence electrons. The van der Waals surface area contributed by atoms with Crippen LogP contribution in [0.2, 0.25) is 0 Å². The molecule has 0 saturated heterocycles. The monoisotopic (exact) mass is 262 g/mol. The van der Waals surface area contributed by atoms with Crippen molar-refractivity contribution in [1.29, 1.82) is 0 Å². The molecule has 0 aliphatic carbocycles. The molecule has 0 spiro atoms. The lowest BCUT2D eigenvalue weighted by Gasteiger charge is -2.09. The van der Waals surface area contributed by atoms with E-state index in [4.69, 9.17) is 4.74 Å². The SMILES string of the molecule is COc1ccccc1Nc1snc(C)c1C(C)=O. The van der Waals surface area contributed by atoms with Crippen molar-refractivity contribution < 1.29 is 9.53 Å². The van der Waals surface area contributed by atoms with Crippen LogP contribution in [-0.2, 0) is 0 Å². The first-order valence-corrected chi connectivity index (χ1v) is 6.28. The number of carbonyl (C=O) groups is 1. The Labute approximate surface area is 110 Å². The molecule has 0 radical (unpaired) electrons. The predicted molar refractivity (Wildman–Crippen MR) is 73.1 cm³/mol. The largest absolute Gasteiger partial charge is 0.495 e. The topological polar surface area (TPSA) is 51.2 Å². The third kappa shape index (κ3) is 2.36. The van der Waals surface area contributed by atoms with Gasteiger partial charge < -0.3 is 10.1 Å². The van der Waals surface area contributed by atoms with Gasteiger partial charge in [-0.05, 0) is 37.5 Å². The maximum Gasteiger partial charge on any atom is 0.164 e. The fraction of sp³-hybridized carbons (Fsp3) is 0.231. The van der Waals surface area contributed by atoms with E-state index in [2.05, 4.69) is 9.69 Å². The average Bonchev–Trinajstić information content (AvgIpc) is 2.71. The summed E-state index contributed by atoms with van der Waals surface area (Å²) in [4.78, 5) is 11.6. The minimum atomic E-state index is 0.0126. The smallest absolute Gasteiger partial charge is 0.164 e. The number of methoxy groups -OCH3 is 1. The molecule has 0 amide bonds. The molecule has 1 N–H and O–H groups in total. The van der Waals surface area contributed by atoms with Crippen molar-refractivity contribution in [2.45, 2.75) is 13.8 Å². The van der Waals surface area contributed by atoms with Crippen LogP contribution in [0.25, 0.3) is 0 Å². The Balaban J connectivity index is 2.37. The highest BCUT2D eigenvalue weighted by Crippen LogP contribution is 2.32. The van der Waals surface area contributed by atoms with Crippen molar-refractivity contribution in [2.24, 2.45) is 0 Å². The van der Waals surface area contributed by atoms with E-state index in [1.54, 1.807) is 14.0 Å². The molecule has 4 nitrogen and oxygen atoms in total. The van der Waals surface area contributed by atoms with Crippen LogP contribution in [0.1, 0.15) is 23.0 Å². The number of nitrogens with zero attached hydrogens (tertiary/aromatic N) is 1. The highest BCUT2D eigenvalue weighted by atomic mass is 32.1. The molecule has 0 bridgehead atoms. The highest BCUT2D eigenvalue weighted by Gasteiger charge is 2.15. The number of para-hydroxylation sites is 2. The van der Waals surface area contributed by atoms with E-state index in [9.17, 15) is 4.79 Å². The zero-order valence-corrected chi connectivity index (χ0v) is 11.3. The van der Waals surface area contributed by atoms with Gasteiger partial charge in [0, 0.05) is 0 Å². The minimum Gasteiger partial charge on any atom is -0.495 e. The molecule has 1 aromatic carbocycles. The van der Waals surface area contributed by atoms with Crippen LogP contribution < -0.4 is 10.1 Å². The fourth-order valence-electron chi connectivity index (χ4n) is 1.74. The highest BCUT2D eigenvalue weighted by molar-refractivity contribution is 7.10. The van der Waals surface area contributed by atoms with E-state index in [1.807, 2.05) is 31.2 Å². The molecule has 0 fully saturated rings. The lowest BCUT2D eigenvalue weighted by atomic mass is 10.2. The number of hydrogen-bond donors (Lipinski definition) is 1. The molecule has 1 aromatic heterocycles. The number of Topliss-reactive ketones (excluding diaryl/α,β-unsaturated/α-hetero) is 1. The van der Waals surface area contributed by atoms with Gasteiger partial charge in [0.1, 0.15) is 10.8 Å². The first kappa shape index (κ1) is 12.6. The summed E-state index contributed by atoms with van der Waals surface area (Å²) in [5, 5.41) is 3.96. The standard InChI is InChI=1S/C13H14N2O2S/c1-8-12(9(2)16)13(18-15-8)14-10-6-4-5-7-11(10)17-3/h4-7,14H,1-3H3. The number of ketones is 1. The lowest BCUT2D eigenvalue weighted by molar-refractivity contribution is 0.101. The van der Waals surface area contributed by atoms with Crippen molar-refractivity contribution in [1.82, 2.24) is 4.37 Å². The van der Waals surface area contributed by atoms with Gasteiger partial charge in [0.2, 0.25) is 0 Å². The van der Waals surface area contributed by atoms with E-state index in [-0.39, 0.29) is 5.78 Å². The molecule has 18 heavy (non-hydrogen) atoms. The number of aryl methyl sites for hydroxylation is 1. The molecule has 0 aliphatic heterocycles. The maximum absolute atomic E-state index is 11.6. The van der Waals surface area contributed by atoms with Gasteiger partial charge in [0.15, 0.2) is 5.78 Å². The van der Waals surface area contributed by atoms with E-state index < -0.39 is 0 Å². The molecular weight excluding hydrogens is 248 g/mol. The van der Waals surface area contributed by atoms with Crippen molar-refractivity contribution >= 4 is 28.0 Å². The van der Waals surface area contributed by atoms with Crippen LogP contribution in [-0.4, -0.2) is 17.3 Å². The third-order valence-corrected chi connectivity index (χ3v) is 3.42. The molecule has 2 rings (SSSR count). The summed E-state index contributed by atoms with van der Waals surface area (Å²) < 4.78 is 9.47.